The number of nitrogens with zero attached hydrogens (tertiary/aromatic N) is 1. The summed E-state index contributed by atoms with van der Waals surface area (Å²) >= 11 is 0. The maximum Gasteiger partial charge on any atom is 0.214 e. The Labute approximate surface area is 125 Å². The van der Waals surface area contributed by atoms with Crippen LogP contribution in [0.4, 0.5) is 4.39 Å². The zero-order valence-corrected chi connectivity index (χ0v) is 12.9. The third-order valence-corrected chi connectivity index (χ3v) is 5.83. The van der Waals surface area contributed by atoms with Crippen molar-refractivity contribution in [3.05, 3.63) is 35.4 Å². The Morgan fingerprint density at radius 2 is 2.05 bits per heavy atom. The van der Waals surface area contributed by atoms with E-state index in [4.69, 9.17) is 5.11 Å². The second-order valence-electron chi connectivity index (χ2n) is 5.30. The highest BCUT2D eigenvalue weighted by atomic mass is 32.2. The molecule has 0 spiro atoms. The minimum absolute atomic E-state index is 0.0202. The van der Waals surface area contributed by atoms with E-state index in [1.165, 1.54) is 9.87 Å². The molecule has 0 heterocycles. The Bertz CT molecular complexity index is 562. The lowest BCUT2D eigenvalue weighted by Crippen LogP contribution is -2.37. The second kappa shape index (κ2) is 7.33. The normalized spacial score (nSPS) is 18.1. The summed E-state index contributed by atoms with van der Waals surface area (Å²) in [5, 5.41) is 9.01. The molecule has 1 unspecified atom stereocenters. The van der Waals surface area contributed by atoms with Crippen molar-refractivity contribution in [2.75, 3.05) is 25.6 Å². The van der Waals surface area contributed by atoms with E-state index in [0.717, 1.165) is 18.4 Å². The number of hydrogen-bond acceptors (Lipinski definition) is 3. The summed E-state index contributed by atoms with van der Waals surface area (Å²) in [5.41, 5.74) is 2.22. The lowest BCUT2D eigenvalue weighted by atomic mass is 10.1. The van der Waals surface area contributed by atoms with Crippen LogP contribution in [0, 0.1) is 0 Å². The van der Waals surface area contributed by atoms with Gasteiger partial charge in [-0.15, -0.1) is 0 Å². The minimum atomic E-state index is -3.50. The summed E-state index contributed by atoms with van der Waals surface area (Å²) in [6.07, 6.45) is 2.02. The summed E-state index contributed by atoms with van der Waals surface area (Å²) in [5.74, 6) is -0.173. The van der Waals surface area contributed by atoms with Crippen molar-refractivity contribution < 1.29 is 17.9 Å². The summed E-state index contributed by atoms with van der Waals surface area (Å²) in [6.45, 7) is -0.401. The van der Waals surface area contributed by atoms with Gasteiger partial charge in [-0.1, -0.05) is 24.3 Å². The van der Waals surface area contributed by atoms with Gasteiger partial charge in [0.2, 0.25) is 10.0 Å². The molecule has 0 aromatic heterocycles. The molecule has 118 valence electrons. The molecular formula is C15H22FNO3S. The molecule has 0 saturated heterocycles. The highest BCUT2D eigenvalue weighted by molar-refractivity contribution is 7.89. The van der Waals surface area contributed by atoms with Crippen LogP contribution in [-0.4, -0.2) is 43.4 Å². The van der Waals surface area contributed by atoms with Gasteiger partial charge in [-0.25, -0.2) is 8.42 Å². The van der Waals surface area contributed by atoms with Crippen LogP contribution < -0.4 is 0 Å². The smallest absolute Gasteiger partial charge is 0.214 e. The van der Waals surface area contributed by atoms with Crippen molar-refractivity contribution in [1.82, 2.24) is 4.31 Å². The Morgan fingerprint density at radius 1 is 1.29 bits per heavy atom. The number of fused-ring (bicyclic) bond motifs is 1. The molecule has 1 atom stereocenters. The first kappa shape index (κ1) is 16.4. The first-order chi connectivity index (χ1) is 10.1. The Morgan fingerprint density at radius 3 is 2.76 bits per heavy atom. The van der Waals surface area contributed by atoms with Crippen LogP contribution in [0.1, 0.15) is 36.4 Å². The van der Waals surface area contributed by atoms with Crippen molar-refractivity contribution in [3.63, 3.8) is 0 Å². The van der Waals surface area contributed by atoms with Crippen LogP contribution in [0.2, 0.25) is 0 Å². The topological polar surface area (TPSA) is 57.6 Å². The van der Waals surface area contributed by atoms with Crippen molar-refractivity contribution in [2.45, 2.75) is 31.7 Å². The number of alkyl halides is 1. The van der Waals surface area contributed by atoms with Crippen LogP contribution in [-0.2, 0) is 16.4 Å². The molecule has 0 bridgehead atoms. The van der Waals surface area contributed by atoms with Gasteiger partial charge < -0.3 is 5.11 Å². The fourth-order valence-corrected chi connectivity index (χ4v) is 4.63. The van der Waals surface area contributed by atoms with E-state index in [9.17, 15) is 12.8 Å². The third kappa shape index (κ3) is 3.81. The molecule has 1 aliphatic rings. The predicted octanol–water partition coefficient (Wildman–Crippen LogP) is 2.05. The second-order valence-corrected chi connectivity index (χ2v) is 7.34. The van der Waals surface area contributed by atoms with Crippen molar-refractivity contribution in [2.24, 2.45) is 0 Å². The van der Waals surface area contributed by atoms with Gasteiger partial charge in [-0.2, -0.15) is 4.31 Å². The maximum absolute atomic E-state index is 12.5. The lowest BCUT2D eigenvalue weighted by Gasteiger charge is -2.28. The van der Waals surface area contributed by atoms with Gasteiger partial charge in [0.05, 0.1) is 18.5 Å². The van der Waals surface area contributed by atoms with E-state index in [1.54, 1.807) is 0 Å². The van der Waals surface area contributed by atoms with Gasteiger partial charge in [-0.05, 0) is 36.8 Å². The van der Waals surface area contributed by atoms with E-state index >= 15 is 0 Å². The molecular weight excluding hydrogens is 293 g/mol. The van der Waals surface area contributed by atoms with E-state index in [0.29, 0.717) is 6.42 Å². The summed E-state index contributed by atoms with van der Waals surface area (Å²) in [6, 6.07) is 7.67. The van der Waals surface area contributed by atoms with Gasteiger partial charge >= 0.3 is 0 Å². The van der Waals surface area contributed by atoms with E-state index in [-0.39, 0.29) is 31.4 Å². The molecule has 1 N–H and O–H groups in total. The largest absolute Gasteiger partial charge is 0.396 e. The SMILES string of the molecule is O=S(=O)(CCCF)N(CCCO)C1CCc2ccccc21. The van der Waals surface area contributed by atoms with Gasteiger partial charge in [0.15, 0.2) is 0 Å². The van der Waals surface area contributed by atoms with Gasteiger partial charge in [0.25, 0.3) is 0 Å². The van der Waals surface area contributed by atoms with Gasteiger partial charge in [-0.3, -0.25) is 4.39 Å². The number of benzene rings is 1. The molecule has 1 aromatic carbocycles. The molecule has 4 nitrogen and oxygen atoms in total. The van der Waals surface area contributed by atoms with Crippen LogP contribution in [0.25, 0.3) is 0 Å². The first-order valence-electron chi connectivity index (χ1n) is 7.34. The van der Waals surface area contributed by atoms with Crippen LogP contribution in [0.15, 0.2) is 24.3 Å². The van der Waals surface area contributed by atoms with E-state index < -0.39 is 16.7 Å². The number of aliphatic hydroxyl groups excluding tert-OH is 1. The number of aryl methyl sites for hydroxylation is 1. The molecule has 0 saturated carbocycles. The number of hydrogen-bond donors (Lipinski definition) is 1. The monoisotopic (exact) mass is 315 g/mol. The molecule has 2 rings (SSSR count). The highest BCUT2D eigenvalue weighted by Gasteiger charge is 2.34. The standard InChI is InChI=1S/C15H22FNO3S/c16-9-3-12-21(19,20)17(10-4-11-18)15-8-7-13-5-1-2-6-14(13)15/h1-2,5-6,15,18H,3-4,7-12H2. The molecule has 0 fully saturated rings. The van der Waals surface area contributed by atoms with Crippen molar-refractivity contribution in [1.29, 1.82) is 0 Å². The third-order valence-electron chi connectivity index (χ3n) is 3.88. The lowest BCUT2D eigenvalue weighted by molar-refractivity contribution is 0.249. The first-order valence-corrected chi connectivity index (χ1v) is 8.95. The molecule has 0 amide bonds. The maximum atomic E-state index is 12.5. The van der Waals surface area contributed by atoms with Crippen LogP contribution >= 0.6 is 0 Å². The van der Waals surface area contributed by atoms with Gasteiger partial charge in [0, 0.05) is 13.2 Å². The molecule has 1 aliphatic carbocycles. The minimum Gasteiger partial charge on any atom is -0.396 e. The number of rotatable bonds is 8. The zero-order chi connectivity index (χ0) is 15.3. The molecule has 1 aromatic rings. The average molecular weight is 315 g/mol. The fourth-order valence-electron chi connectivity index (χ4n) is 2.90. The van der Waals surface area contributed by atoms with E-state index in [1.807, 2.05) is 24.3 Å². The predicted molar refractivity (Wildman–Crippen MR) is 80.3 cm³/mol. The average Bonchev–Trinajstić information content (AvgIpc) is 2.89. The quantitative estimate of drug-likeness (QED) is 0.799. The summed E-state index contributed by atoms with van der Waals surface area (Å²) < 4.78 is 38.7. The fraction of sp³-hybridized carbons (Fsp3) is 0.600. The Balaban J connectivity index is 2.25. The highest BCUT2D eigenvalue weighted by Crippen LogP contribution is 2.37. The zero-order valence-electron chi connectivity index (χ0n) is 12.0. The Kier molecular flexibility index (Phi) is 5.72. The summed E-state index contributed by atoms with van der Waals surface area (Å²) in [4.78, 5) is 0. The van der Waals surface area contributed by atoms with Crippen LogP contribution in [0.5, 0.6) is 0 Å². The number of halogens is 1. The Hall–Kier alpha value is -0.980. The molecule has 0 radical (unpaired) electrons. The van der Waals surface area contributed by atoms with Crippen LogP contribution in [0.3, 0.4) is 0 Å². The van der Waals surface area contributed by atoms with Gasteiger partial charge in [0.1, 0.15) is 0 Å². The molecule has 21 heavy (non-hydrogen) atoms. The summed E-state index contributed by atoms with van der Waals surface area (Å²) in [7, 11) is -3.50. The van der Waals surface area contributed by atoms with Crippen molar-refractivity contribution in [3.8, 4) is 0 Å². The number of aliphatic hydroxyl groups is 1. The molecule has 6 heteroatoms. The van der Waals surface area contributed by atoms with E-state index in [2.05, 4.69) is 0 Å². The number of sulfonamides is 1. The molecule has 0 aliphatic heterocycles. The van der Waals surface area contributed by atoms with Crippen molar-refractivity contribution >= 4 is 10.0 Å².